The largest absolute Gasteiger partial charge is 0.449 e. The molecule has 0 aromatic carbocycles. The van der Waals surface area contributed by atoms with Gasteiger partial charge >= 0.3 is 17.9 Å². The number of ether oxygens (including phenoxy) is 2. The minimum atomic E-state index is -5.59. The molecule has 1 aliphatic heterocycles. The first-order valence-electron chi connectivity index (χ1n) is 5.98. The van der Waals surface area contributed by atoms with Crippen LogP contribution in [0.1, 0.15) is 26.7 Å². The van der Waals surface area contributed by atoms with Gasteiger partial charge in [-0.1, -0.05) is 20.3 Å². The highest BCUT2D eigenvalue weighted by molar-refractivity contribution is 4.99. The summed E-state index contributed by atoms with van der Waals surface area (Å²) >= 11 is 0. The van der Waals surface area contributed by atoms with Crippen LogP contribution in [0.2, 0.25) is 0 Å². The van der Waals surface area contributed by atoms with E-state index in [2.05, 4.69) is 4.74 Å². The molecule has 0 aromatic heterocycles. The minimum absolute atomic E-state index is 0.0578. The van der Waals surface area contributed by atoms with Gasteiger partial charge in [0.05, 0.1) is 6.61 Å². The number of hydrogen-bond acceptors (Lipinski definition) is 3. The van der Waals surface area contributed by atoms with Crippen LogP contribution in [0.5, 0.6) is 0 Å². The van der Waals surface area contributed by atoms with Crippen molar-refractivity contribution >= 4 is 0 Å². The molecule has 114 valence electrons. The molecule has 1 aliphatic rings. The highest BCUT2D eigenvalue weighted by Crippen LogP contribution is 2.48. The van der Waals surface area contributed by atoms with Gasteiger partial charge in [0, 0.05) is 13.0 Å². The van der Waals surface area contributed by atoms with Crippen molar-refractivity contribution in [2.24, 2.45) is 5.92 Å². The third kappa shape index (κ3) is 3.00. The lowest BCUT2D eigenvalue weighted by Gasteiger charge is -2.43. The van der Waals surface area contributed by atoms with Crippen molar-refractivity contribution in [2.45, 2.75) is 50.7 Å². The molecule has 0 saturated carbocycles. The normalized spacial score (nSPS) is 33.2. The van der Waals surface area contributed by atoms with Crippen LogP contribution in [0.15, 0.2) is 0 Å². The Morgan fingerprint density at radius 3 is 2.47 bits per heavy atom. The summed E-state index contributed by atoms with van der Waals surface area (Å²) in [6, 6.07) is 0. The third-order valence-electron chi connectivity index (χ3n) is 3.21. The number of hydrogen-bond donors (Lipinski definition) is 1. The van der Waals surface area contributed by atoms with Crippen LogP contribution in [0, 0.1) is 5.92 Å². The van der Waals surface area contributed by atoms with E-state index in [9.17, 15) is 22.0 Å². The van der Waals surface area contributed by atoms with Crippen molar-refractivity contribution in [3.05, 3.63) is 0 Å². The monoisotopic (exact) mass is 292 g/mol. The molecule has 1 rings (SSSR count). The van der Waals surface area contributed by atoms with Gasteiger partial charge in [-0.2, -0.15) is 22.0 Å². The van der Waals surface area contributed by atoms with Crippen molar-refractivity contribution in [3.8, 4) is 0 Å². The molecule has 1 N–H and O–H groups in total. The Morgan fingerprint density at radius 2 is 2.00 bits per heavy atom. The lowest BCUT2D eigenvalue weighted by atomic mass is 9.96. The average Bonchev–Trinajstić information content (AvgIpc) is 2.29. The van der Waals surface area contributed by atoms with E-state index in [-0.39, 0.29) is 12.5 Å². The van der Waals surface area contributed by atoms with Gasteiger partial charge in [-0.25, -0.2) is 0 Å². The lowest BCUT2D eigenvalue weighted by molar-refractivity contribution is -0.458. The van der Waals surface area contributed by atoms with Crippen LogP contribution < -0.4 is 0 Å². The minimum Gasteiger partial charge on any atom is -0.371 e. The van der Waals surface area contributed by atoms with Crippen LogP contribution in [0.25, 0.3) is 0 Å². The highest BCUT2D eigenvalue weighted by atomic mass is 19.4. The zero-order chi connectivity index (χ0) is 14.9. The quantitative estimate of drug-likeness (QED) is 0.810. The molecule has 0 aromatic rings. The maximum absolute atomic E-state index is 13.7. The summed E-state index contributed by atoms with van der Waals surface area (Å²) in [5.74, 6) is -9.09. The number of aliphatic hydroxyl groups is 1. The SMILES string of the molecule is CCC(C)COC1CCOC(O)(C(F)(F)F)C1(F)F. The standard InChI is InChI=1S/C11H17F5O3/c1-3-7(2)6-18-8-4-5-19-10(17,9(8,12)13)11(14,15)16/h7-8,17H,3-6H2,1-2H3. The number of rotatable bonds is 4. The van der Waals surface area contributed by atoms with Crippen molar-refractivity contribution in [1.29, 1.82) is 0 Å². The zero-order valence-electron chi connectivity index (χ0n) is 10.6. The summed E-state index contributed by atoms with van der Waals surface area (Å²) in [6.45, 7) is 2.80. The molecular weight excluding hydrogens is 275 g/mol. The van der Waals surface area contributed by atoms with Crippen LogP contribution in [-0.2, 0) is 9.47 Å². The molecular formula is C11H17F5O3. The summed E-state index contributed by atoms with van der Waals surface area (Å²) in [7, 11) is 0. The molecule has 0 radical (unpaired) electrons. The number of halogens is 5. The Morgan fingerprint density at radius 1 is 1.42 bits per heavy atom. The first-order chi connectivity index (χ1) is 8.56. The van der Waals surface area contributed by atoms with Gasteiger partial charge < -0.3 is 14.6 Å². The Hall–Kier alpha value is -0.470. The van der Waals surface area contributed by atoms with Gasteiger partial charge in [-0.3, -0.25) is 0 Å². The van der Waals surface area contributed by atoms with Crippen LogP contribution in [0.3, 0.4) is 0 Å². The third-order valence-corrected chi connectivity index (χ3v) is 3.21. The van der Waals surface area contributed by atoms with Gasteiger partial charge in [-0.15, -0.1) is 0 Å². The molecule has 19 heavy (non-hydrogen) atoms. The Kier molecular flexibility index (Phi) is 4.79. The van der Waals surface area contributed by atoms with Gasteiger partial charge in [0.25, 0.3) is 0 Å². The fourth-order valence-corrected chi connectivity index (χ4v) is 1.67. The molecule has 1 fully saturated rings. The van der Waals surface area contributed by atoms with E-state index < -0.39 is 37.0 Å². The van der Waals surface area contributed by atoms with Crippen LogP contribution >= 0.6 is 0 Å². The second-order valence-corrected chi connectivity index (χ2v) is 4.74. The second kappa shape index (κ2) is 5.49. The Bertz CT molecular complexity index is 307. The number of alkyl halides is 5. The molecule has 3 nitrogen and oxygen atoms in total. The predicted molar refractivity (Wildman–Crippen MR) is 55.7 cm³/mol. The zero-order valence-corrected chi connectivity index (χ0v) is 10.6. The average molecular weight is 292 g/mol. The van der Waals surface area contributed by atoms with Crippen molar-refractivity contribution in [3.63, 3.8) is 0 Å². The molecule has 1 heterocycles. The summed E-state index contributed by atoms with van der Waals surface area (Å²) in [5, 5.41) is 9.15. The lowest BCUT2D eigenvalue weighted by Crippen LogP contribution is -2.68. The smallest absolute Gasteiger partial charge is 0.371 e. The van der Waals surface area contributed by atoms with Crippen LogP contribution in [0.4, 0.5) is 22.0 Å². The molecule has 0 aliphatic carbocycles. The molecule has 0 bridgehead atoms. The van der Waals surface area contributed by atoms with E-state index in [1.54, 1.807) is 6.92 Å². The topological polar surface area (TPSA) is 38.7 Å². The molecule has 0 amide bonds. The summed E-state index contributed by atoms with van der Waals surface area (Å²) in [6.07, 6.45) is -7.35. The first-order valence-corrected chi connectivity index (χ1v) is 5.98. The summed E-state index contributed by atoms with van der Waals surface area (Å²) < 4.78 is 73.9. The first kappa shape index (κ1) is 16.6. The Labute approximate surface area is 107 Å². The summed E-state index contributed by atoms with van der Waals surface area (Å²) in [5.41, 5.74) is 0. The van der Waals surface area contributed by atoms with Crippen molar-refractivity contribution in [2.75, 3.05) is 13.2 Å². The van der Waals surface area contributed by atoms with Gasteiger partial charge in [0.15, 0.2) is 0 Å². The highest BCUT2D eigenvalue weighted by Gasteiger charge is 2.75. The fourth-order valence-electron chi connectivity index (χ4n) is 1.67. The molecule has 3 unspecified atom stereocenters. The van der Waals surface area contributed by atoms with Crippen molar-refractivity contribution < 1.29 is 36.5 Å². The molecule has 1 saturated heterocycles. The van der Waals surface area contributed by atoms with E-state index in [1.165, 1.54) is 0 Å². The second-order valence-electron chi connectivity index (χ2n) is 4.74. The van der Waals surface area contributed by atoms with Crippen molar-refractivity contribution in [1.82, 2.24) is 0 Å². The van der Waals surface area contributed by atoms with Gasteiger partial charge in [0.2, 0.25) is 0 Å². The molecule has 8 heteroatoms. The van der Waals surface area contributed by atoms with Gasteiger partial charge in [-0.05, 0) is 5.92 Å². The maximum Gasteiger partial charge on any atom is 0.449 e. The van der Waals surface area contributed by atoms with E-state index >= 15 is 0 Å². The van der Waals surface area contributed by atoms with E-state index in [0.29, 0.717) is 6.42 Å². The maximum atomic E-state index is 13.7. The summed E-state index contributed by atoms with van der Waals surface area (Å²) in [4.78, 5) is 0. The molecule has 0 spiro atoms. The fraction of sp³-hybridized carbons (Fsp3) is 1.00. The van der Waals surface area contributed by atoms with Gasteiger partial charge in [0.1, 0.15) is 6.10 Å². The van der Waals surface area contributed by atoms with Crippen LogP contribution in [-0.4, -0.2) is 42.3 Å². The van der Waals surface area contributed by atoms with E-state index in [4.69, 9.17) is 9.84 Å². The Balaban J connectivity index is 2.85. The van der Waals surface area contributed by atoms with E-state index in [0.717, 1.165) is 0 Å². The van der Waals surface area contributed by atoms with E-state index in [1.807, 2.05) is 6.92 Å². The molecule has 3 atom stereocenters. The predicted octanol–water partition coefficient (Wildman–Crippen LogP) is 2.72.